The van der Waals surface area contributed by atoms with Gasteiger partial charge in [0, 0.05) is 13.1 Å². The summed E-state index contributed by atoms with van der Waals surface area (Å²) in [6.45, 7) is 6.24. The summed E-state index contributed by atoms with van der Waals surface area (Å²) in [4.78, 5) is 10.7. The zero-order chi connectivity index (χ0) is 12.5. The number of aliphatic carboxylic acids is 1. The quantitative estimate of drug-likeness (QED) is 0.798. The summed E-state index contributed by atoms with van der Waals surface area (Å²) < 4.78 is 25.1. The topological polar surface area (TPSA) is 74.7 Å². The summed E-state index contributed by atoms with van der Waals surface area (Å²) in [5, 5.41) is 7.40. The highest BCUT2D eigenvalue weighted by Crippen LogP contribution is 2.27. The molecule has 6 heteroatoms. The van der Waals surface area contributed by atoms with Crippen molar-refractivity contribution in [3.8, 4) is 0 Å². The number of carboxylic acids is 1. The lowest BCUT2D eigenvalue weighted by Crippen LogP contribution is -2.40. The van der Waals surface area contributed by atoms with Crippen molar-refractivity contribution < 1.29 is 18.3 Å². The number of carboxylic acid groups (broad SMARTS) is 1. The molecule has 0 amide bonds. The van der Waals surface area contributed by atoms with Crippen molar-refractivity contribution in [1.82, 2.24) is 4.31 Å². The van der Waals surface area contributed by atoms with Crippen molar-refractivity contribution in [3.05, 3.63) is 0 Å². The van der Waals surface area contributed by atoms with Gasteiger partial charge in [0.2, 0.25) is 10.0 Å². The Hall–Kier alpha value is -0.620. The van der Waals surface area contributed by atoms with Gasteiger partial charge in [-0.1, -0.05) is 13.8 Å². The lowest BCUT2D eigenvalue weighted by atomic mass is 9.96. The van der Waals surface area contributed by atoms with E-state index in [1.165, 1.54) is 11.2 Å². The Bertz CT molecular complexity index is 363. The van der Waals surface area contributed by atoms with Gasteiger partial charge in [-0.15, -0.1) is 0 Å². The maximum Gasteiger partial charge on any atom is 0.323 e. The maximum absolute atomic E-state index is 11.9. The molecule has 5 nitrogen and oxygen atoms in total. The van der Waals surface area contributed by atoms with Gasteiger partial charge in [-0.3, -0.25) is 4.79 Å². The van der Waals surface area contributed by atoms with Crippen LogP contribution in [0.4, 0.5) is 0 Å². The standard InChI is InChI=1S/C10H19NO4S/c1-7(2)9-4-5-11(6-9)16(14,15)8(3)10(12)13/h7-9H,4-6H2,1-3H3,(H,12,13). The van der Waals surface area contributed by atoms with Gasteiger partial charge in [0.15, 0.2) is 5.25 Å². The third-order valence-corrected chi connectivity index (χ3v) is 5.43. The normalized spacial score (nSPS) is 24.9. The monoisotopic (exact) mass is 249 g/mol. The fourth-order valence-electron chi connectivity index (χ4n) is 1.88. The molecule has 0 aromatic heterocycles. The first-order valence-electron chi connectivity index (χ1n) is 5.48. The molecule has 0 radical (unpaired) electrons. The lowest BCUT2D eigenvalue weighted by molar-refractivity contribution is -0.136. The van der Waals surface area contributed by atoms with Crippen LogP contribution in [0.1, 0.15) is 27.2 Å². The zero-order valence-electron chi connectivity index (χ0n) is 9.88. The van der Waals surface area contributed by atoms with Crippen LogP contribution in [0.2, 0.25) is 0 Å². The summed E-state index contributed by atoms with van der Waals surface area (Å²) in [6, 6.07) is 0. The molecule has 0 aromatic carbocycles. The molecule has 1 N–H and O–H groups in total. The minimum absolute atomic E-state index is 0.343. The van der Waals surface area contributed by atoms with Gasteiger partial charge in [0.1, 0.15) is 0 Å². The highest BCUT2D eigenvalue weighted by molar-refractivity contribution is 7.90. The first kappa shape index (κ1) is 13.4. The highest BCUT2D eigenvalue weighted by atomic mass is 32.2. The van der Waals surface area contributed by atoms with Crippen molar-refractivity contribution in [3.63, 3.8) is 0 Å². The van der Waals surface area contributed by atoms with Gasteiger partial charge in [0.05, 0.1) is 0 Å². The fraction of sp³-hybridized carbons (Fsp3) is 0.900. The van der Waals surface area contributed by atoms with Gasteiger partial charge in [-0.25, -0.2) is 12.7 Å². The summed E-state index contributed by atoms with van der Waals surface area (Å²) in [6.07, 6.45) is 0.823. The Morgan fingerprint density at radius 2 is 1.94 bits per heavy atom. The molecule has 0 aromatic rings. The number of hydrogen-bond acceptors (Lipinski definition) is 3. The molecule has 0 saturated carbocycles. The Morgan fingerprint density at radius 3 is 2.31 bits per heavy atom. The van der Waals surface area contributed by atoms with Crippen molar-refractivity contribution in [2.75, 3.05) is 13.1 Å². The first-order chi connectivity index (χ1) is 7.26. The summed E-state index contributed by atoms with van der Waals surface area (Å²) in [7, 11) is -3.67. The predicted molar refractivity (Wildman–Crippen MR) is 60.5 cm³/mol. The van der Waals surface area contributed by atoms with Gasteiger partial charge in [-0.05, 0) is 25.2 Å². The molecule has 0 bridgehead atoms. The Morgan fingerprint density at radius 1 is 1.38 bits per heavy atom. The molecule has 0 aliphatic carbocycles. The van der Waals surface area contributed by atoms with Crippen LogP contribution in [0.25, 0.3) is 0 Å². The minimum atomic E-state index is -3.67. The maximum atomic E-state index is 11.9. The van der Waals surface area contributed by atoms with Crippen LogP contribution in [0.15, 0.2) is 0 Å². The van der Waals surface area contributed by atoms with Crippen LogP contribution in [-0.2, 0) is 14.8 Å². The molecule has 1 heterocycles. The molecule has 0 spiro atoms. The lowest BCUT2D eigenvalue weighted by Gasteiger charge is -2.20. The van der Waals surface area contributed by atoms with Crippen LogP contribution in [0.3, 0.4) is 0 Å². The first-order valence-corrected chi connectivity index (χ1v) is 6.99. The second kappa shape index (κ2) is 4.71. The van der Waals surface area contributed by atoms with E-state index in [1.54, 1.807) is 0 Å². The summed E-state index contributed by atoms with van der Waals surface area (Å²) in [5.41, 5.74) is 0. The molecule has 1 rings (SSSR count). The average molecular weight is 249 g/mol. The molecule has 2 atom stereocenters. The van der Waals surface area contributed by atoms with Crippen molar-refractivity contribution in [2.24, 2.45) is 11.8 Å². The molecule has 1 fully saturated rings. The van der Waals surface area contributed by atoms with E-state index in [-0.39, 0.29) is 0 Å². The number of hydrogen-bond donors (Lipinski definition) is 1. The Kier molecular flexibility index (Phi) is 3.96. The Labute approximate surface area is 96.5 Å². The van der Waals surface area contributed by atoms with E-state index >= 15 is 0 Å². The zero-order valence-corrected chi connectivity index (χ0v) is 10.7. The number of carbonyl (C=O) groups is 1. The molecular formula is C10H19NO4S. The largest absolute Gasteiger partial charge is 0.480 e. The van der Waals surface area contributed by atoms with E-state index in [9.17, 15) is 13.2 Å². The molecule has 94 valence electrons. The molecule has 1 aliphatic heterocycles. The van der Waals surface area contributed by atoms with Gasteiger partial charge < -0.3 is 5.11 Å². The molecule has 1 aliphatic rings. The van der Waals surface area contributed by atoms with E-state index in [0.29, 0.717) is 24.9 Å². The Balaban J connectivity index is 2.77. The molecular weight excluding hydrogens is 230 g/mol. The summed E-state index contributed by atoms with van der Waals surface area (Å²) >= 11 is 0. The van der Waals surface area contributed by atoms with Crippen LogP contribution < -0.4 is 0 Å². The van der Waals surface area contributed by atoms with Gasteiger partial charge in [-0.2, -0.15) is 0 Å². The second-order valence-electron chi connectivity index (χ2n) is 4.68. The van der Waals surface area contributed by atoms with E-state index in [1.807, 2.05) is 0 Å². The van der Waals surface area contributed by atoms with Gasteiger partial charge in [0.25, 0.3) is 0 Å². The summed E-state index contributed by atoms with van der Waals surface area (Å²) in [5.74, 6) is -0.510. The molecule has 16 heavy (non-hydrogen) atoms. The van der Waals surface area contributed by atoms with Crippen LogP contribution in [-0.4, -0.2) is 42.1 Å². The minimum Gasteiger partial charge on any atom is -0.480 e. The number of rotatable bonds is 4. The van der Waals surface area contributed by atoms with Crippen LogP contribution in [0.5, 0.6) is 0 Å². The van der Waals surface area contributed by atoms with Crippen molar-refractivity contribution >= 4 is 16.0 Å². The number of sulfonamides is 1. The van der Waals surface area contributed by atoms with Crippen molar-refractivity contribution in [2.45, 2.75) is 32.4 Å². The van der Waals surface area contributed by atoms with E-state index in [2.05, 4.69) is 13.8 Å². The fourth-order valence-corrected chi connectivity index (χ4v) is 3.34. The molecule has 1 saturated heterocycles. The second-order valence-corrected chi connectivity index (χ2v) is 6.93. The predicted octanol–water partition coefficient (Wildman–Crippen LogP) is 0.767. The van der Waals surface area contributed by atoms with Gasteiger partial charge >= 0.3 is 5.97 Å². The SMILES string of the molecule is CC(C)C1CCN(S(=O)(=O)C(C)C(=O)O)C1. The molecule has 2 unspecified atom stereocenters. The van der Waals surface area contributed by atoms with Crippen LogP contribution in [0, 0.1) is 11.8 Å². The smallest absolute Gasteiger partial charge is 0.323 e. The third kappa shape index (κ3) is 2.55. The van der Waals surface area contributed by atoms with E-state index in [0.717, 1.165) is 6.42 Å². The third-order valence-electron chi connectivity index (χ3n) is 3.28. The highest BCUT2D eigenvalue weighted by Gasteiger charge is 2.38. The average Bonchev–Trinajstić information content (AvgIpc) is 2.65. The number of nitrogens with zero attached hydrogens (tertiary/aromatic N) is 1. The van der Waals surface area contributed by atoms with E-state index in [4.69, 9.17) is 5.11 Å². The van der Waals surface area contributed by atoms with Crippen molar-refractivity contribution in [1.29, 1.82) is 0 Å². The van der Waals surface area contributed by atoms with E-state index < -0.39 is 21.2 Å². The van der Waals surface area contributed by atoms with Crippen LogP contribution >= 0.6 is 0 Å².